The molecule has 2 aromatic heterocycles. The van der Waals surface area contributed by atoms with Crippen LogP contribution in [0.4, 0.5) is 5.82 Å². The molecule has 3 N–H and O–H groups in total. The Labute approximate surface area is 123 Å². The van der Waals surface area contributed by atoms with Gasteiger partial charge in [-0.1, -0.05) is 19.8 Å². The third kappa shape index (κ3) is 2.52. The zero-order chi connectivity index (χ0) is 14.2. The van der Waals surface area contributed by atoms with Crippen LogP contribution in [-0.4, -0.2) is 22.1 Å². The molecule has 108 valence electrons. The summed E-state index contributed by atoms with van der Waals surface area (Å²) in [6.45, 7) is 5.08. The molecule has 0 spiro atoms. The smallest absolute Gasteiger partial charge is 0.138 e. The fourth-order valence-corrected chi connectivity index (χ4v) is 4.18. The molecule has 4 nitrogen and oxygen atoms in total. The molecule has 1 aliphatic carbocycles. The van der Waals surface area contributed by atoms with Gasteiger partial charge in [-0.15, -0.1) is 11.3 Å². The zero-order valence-electron chi connectivity index (χ0n) is 12.1. The molecular weight excluding hydrogens is 268 g/mol. The fourth-order valence-electron chi connectivity index (χ4n) is 3.34. The van der Waals surface area contributed by atoms with Gasteiger partial charge in [-0.25, -0.2) is 9.97 Å². The van der Waals surface area contributed by atoms with Gasteiger partial charge in [0, 0.05) is 11.4 Å². The Bertz CT molecular complexity index is 609. The van der Waals surface area contributed by atoms with E-state index in [-0.39, 0.29) is 5.54 Å². The van der Waals surface area contributed by atoms with Crippen LogP contribution < -0.4 is 11.1 Å². The highest BCUT2D eigenvalue weighted by atomic mass is 32.1. The number of hydrogen-bond acceptors (Lipinski definition) is 5. The van der Waals surface area contributed by atoms with Crippen molar-refractivity contribution in [3.8, 4) is 0 Å². The minimum Gasteiger partial charge on any atom is -0.363 e. The van der Waals surface area contributed by atoms with Crippen LogP contribution in [0.15, 0.2) is 12.4 Å². The van der Waals surface area contributed by atoms with Crippen LogP contribution in [0.5, 0.6) is 0 Å². The lowest BCUT2D eigenvalue weighted by Gasteiger charge is -2.40. The van der Waals surface area contributed by atoms with Gasteiger partial charge >= 0.3 is 0 Å². The Morgan fingerprint density at radius 2 is 2.35 bits per heavy atom. The highest BCUT2D eigenvalue weighted by molar-refractivity contribution is 7.18. The summed E-state index contributed by atoms with van der Waals surface area (Å²) in [5.74, 6) is 1.67. The first-order valence-corrected chi connectivity index (χ1v) is 8.13. The van der Waals surface area contributed by atoms with Gasteiger partial charge in [0.05, 0.1) is 10.9 Å². The molecule has 0 radical (unpaired) electrons. The van der Waals surface area contributed by atoms with Crippen molar-refractivity contribution in [3.63, 3.8) is 0 Å². The van der Waals surface area contributed by atoms with E-state index < -0.39 is 0 Å². The normalized spacial score (nSPS) is 26.9. The topological polar surface area (TPSA) is 63.8 Å². The number of rotatable bonds is 3. The number of hydrogen-bond donors (Lipinski definition) is 2. The second kappa shape index (κ2) is 5.30. The number of nitrogens with one attached hydrogen (secondary N) is 1. The number of nitrogens with two attached hydrogens (primary N) is 1. The zero-order valence-corrected chi connectivity index (χ0v) is 13.0. The van der Waals surface area contributed by atoms with Gasteiger partial charge < -0.3 is 11.1 Å². The number of aryl methyl sites for hydroxylation is 1. The molecule has 0 bridgehead atoms. The van der Waals surface area contributed by atoms with Crippen molar-refractivity contribution in [2.24, 2.45) is 11.7 Å². The second-order valence-corrected chi connectivity index (χ2v) is 7.34. The van der Waals surface area contributed by atoms with Crippen LogP contribution in [0.1, 0.15) is 37.5 Å². The molecule has 1 fully saturated rings. The third-order valence-electron chi connectivity index (χ3n) is 4.32. The van der Waals surface area contributed by atoms with Crippen molar-refractivity contribution in [2.75, 3.05) is 11.9 Å². The maximum atomic E-state index is 6.09. The lowest BCUT2D eigenvalue weighted by Crippen LogP contribution is -2.48. The largest absolute Gasteiger partial charge is 0.363 e. The maximum Gasteiger partial charge on any atom is 0.138 e. The van der Waals surface area contributed by atoms with E-state index in [0.29, 0.717) is 6.54 Å². The Balaban J connectivity index is 1.94. The van der Waals surface area contributed by atoms with E-state index in [1.54, 1.807) is 17.7 Å². The summed E-state index contributed by atoms with van der Waals surface area (Å²) in [4.78, 5) is 11.1. The highest BCUT2D eigenvalue weighted by Crippen LogP contribution is 2.36. The summed E-state index contributed by atoms with van der Waals surface area (Å²) in [5, 5.41) is 4.79. The number of aromatic nitrogens is 2. The van der Waals surface area contributed by atoms with Crippen molar-refractivity contribution >= 4 is 27.4 Å². The molecule has 0 saturated heterocycles. The first-order chi connectivity index (χ1) is 9.62. The Morgan fingerprint density at radius 1 is 1.50 bits per heavy atom. The molecule has 0 aliphatic heterocycles. The summed E-state index contributed by atoms with van der Waals surface area (Å²) < 4.78 is 0. The average Bonchev–Trinajstić information content (AvgIpc) is 2.80. The summed E-state index contributed by atoms with van der Waals surface area (Å²) in [6, 6.07) is 2.17. The molecule has 5 heteroatoms. The number of nitrogens with zero attached hydrogens (tertiary/aromatic N) is 2. The van der Waals surface area contributed by atoms with Gasteiger partial charge in [0.25, 0.3) is 0 Å². The summed E-state index contributed by atoms with van der Waals surface area (Å²) in [5.41, 5.74) is 6.09. The predicted octanol–water partition coefficient (Wildman–Crippen LogP) is 3.32. The number of thiophene rings is 1. The molecule has 2 heterocycles. The van der Waals surface area contributed by atoms with Crippen LogP contribution in [-0.2, 0) is 0 Å². The van der Waals surface area contributed by atoms with Crippen molar-refractivity contribution in [1.29, 1.82) is 0 Å². The van der Waals surface area contributed by atoms with E-state index in [2.05, 4.69) is 35.2 Å². The van der Waals surface area contributed by atoms with E-state index in [1.807, 2.05) is 0 Å². The number of anilines is 1. The van der Waals surface area contributed by atoms with Crippen molar-refractivity contribution < 1.29 is 0 Å². The van der Waals surface area contributed by atoms with Gasteiger partial charge in [-0.05, 0) is 31.7 Å². The first kappa shape index (κ1) is 13.8. The molecule has 3 rings (SSSR count). The molecule has 0 amide bonds. The Kier molecular flexibility index (Phi) is 3.65. The molecule has 1 saturated carbocycles. The van der Waals surface area contributed by atoms with E-state index >= 15 is 0 Å². The van der Waals surface area contributed by atoms with Crippen LogP contribution in [0.25, 0.3) is 10.2 Å². The number of fused-ring (bicyclic) bond motifs is 1. The molecule has 0 aromatic carbocycles. The summed E-state index contributed by atoms with van der Waals surface area (Å²) in [7, 11) is 0. The predicted molar refractivity (Wildman–Crippen MR) is 85.2 cm³/mol. The summed E-state index contributed by atoms with van der Waals surface area (Å²) in [6.07, 6.45) is 6.44. The average molecular weight is 290 g/mol. The lowest BCUT2D eigenvalue weighted by atomic mass is 9.76. The third-order valence-corrected chi connectivity index (χ3v) is 5.28. The van der Waals surface area contributed by atoms with Gasteiger partial charge in [-0.2, -0.15) is 0 Å². The molecule has 2 unspecified atom stereocenters. The van der Waals surface area contributed by atoms with E-state index in [9.17, 15) is 0 Å². The molecule has 20 heavy (non-hydrogen) atoms. The van der Waals surface area contributed by atoms with E-state index in [1.165, 1.54) is 17.7 Å². The van der Waals surface area contributed by atoms with Gasteiger partial charge in [0.1, 0.15) is 17.0 Å². The maximum absolute atomic E-state index is 6.09. The highest BCUT2D eigenvalue weighted by Gasteiger charge is 2.34. The van der Waals surface area contributed by atoms with Crippen molar-refractivity contribution in [3.05, 3.63) is 17.3 Å². The Morgan fingerprint density at radius 3 is 3.10 bits per heavy atom. The van der Waals surface area contributed by atoms with Crippen LogP contribution >= 0.6 is 11.3 Å². The minimum atomic E-state index is -0.00517. The van der Waals surface area contributed by atoms with Crippen LogP contribution in [0, 0.1) is 12.8 Å². The monoisotopic (exact) mass is 290 g/mol. The van der Waals surface area contributed by atoms with E-state index in [4.69, 9.17) is 5.73 Å². The van der Waals surface area contributed by atoms with Gasteiger partial charge in [0.2, 0.25) is 0 Å². The second-order valence-electron chi connectivity index (χ2n) is 6.11. The Hall–Kier alpha value is -1.20. The molecular formula is C15H22N4S. The van der Waals surface area contributed by atoms with Crippen LogP contribution in [0.2, 0.25) is 0 Å². The molecule has 1 aliphatic rings. The fraction of sp³-hybridized carbons (Fsp3) is 0.600. The molecule has 2 atom stereocenters. The minimum absolute atomic E-state index is 0.00517. The lowest BCUT2D eigenvalue weighted by molar-refractivity contribution is 0.263. The van der Waals surface area contributed by atoms with Crippen LogP contribution in [0.3, 0.4) is 0 Å². The van der Waals surface area contributed by atoms with Gasteiger partial charge in [-0.3, -0.25) is 0 Å². The molecule has 2 aromatic rings. The first-order valence-electron chi connectivity index (χ1n) is 7.31. The van der Waals surface area contributed by atoms with Crippen molar-refractivity contribution in [1.82, 2.24) is 9.97 Å². The SMILES string of the molecule is Cc1cc2c(NC3(CN)CCCC(C)C3)ncnc2s1. The quantitative estimate of drug-likeness (QED) is 0.910. The standard InChI is InChI=1S/C15H22N4S/c1-10-4-3-5-15(7-10,8-16)19-13-12-6-11(2)20-14(12)18-9-17-13/h6,9-10H,3-5,7-8,16H2,1-2H3,(H,17,18,19). The van der Waals surface area contributed by atoms with Gasteiger partial charge in [0.15, 0.2) is 0 Å². The summed E-state index contributed by atoms with van der Waals surface area (Å²) >= 11 is 1.71. The van der Waals surface area contributed by atoms with E-state index in [0.717, 1.165) is 34.8 Å². The van der Waals surface area contributed by atoms with Crippen molar-refractivity contribution in [2.45, 2.75) is 45.1 Å².